The van der Waals surface area contributed by atoms with Crippen molar-refractivity contribution in [3.05, 3.63) is 0 Å². The average molecular weight is 195 g/mol. The molecule has 0 aliphatic rings. The molecule has 0 N–H and O–H groups in total. The minimum atomic E-state index is -1.48. The van der Waals surface area contributed by atoms with Crippen LogP contribution in [0, 0.1) is 5.92 Å². The van der Waals surface area contributed by atoms with E-state index < -0.39 is 8.32 Å². The molecule has 1 nitrogen and oxygen atoms in total. The molecule has 0 saturated carbocycles. The van der Waals surface area contributed by atoms with E-state index in [-0.39, 0.29) is 0 Å². The number of rotatable bonds is 5. The van der Waals surface area contributed by atoms with Gasteiger partial charge in [0, 0.05) is 12.1 Å². The zero-order chi connectivity index (χ0) is 8.91. The highest BCUT2D eigenvalue weighted by Crippen LogP contribution is 2.08. The summed E-state index contributed by atoms with van der Waals surface area (Å²) in [4.78, 5) is 0. The standard InChI is InChI=1S/C8H19ClOSi/c1-8(2)5-6-10-11(3,4)7-9/h8H,5-7H2,1-4H3. The SMILES string of the molecule is CC(C)CCO[Si](C)(C)CCl. The number of hydrogen-bond donors (Lipinski definition) is 0. The normalized spacial score (nSPS) is 12.5. The largest absolute Gasteiger partial charge is 0.416 e. The predicted octanol–water partition coefficient (Wildman–Crippen LogP) is 3.03. The van der Waals surface area contributed by atoms with E-state index in [9.17, 15) is 0 Å². The molecule has 0 aromatic heterocycles. The molecule has 0 amide bonds. The lowest BCUT2D eigenvalue weighted by molar-refractivity contribution is 0.283. The minimum absolute atomic E-state index is 0.699. The summed E-state index contributed by atoms with van der Waals surface area (Å²) in [5.74, 6) is 0.732. The van der Waals surface area contributed by atoms with Crippen LogP contribution >= 0.6 is 11.6 Å². The average Bonchev–Trinajstić information content (AvgIpc) is 1.87. The fourth-order valence-corrected chi connectivity index (χ4v) is 1.59. The van der Waals surface area contributed by atoms with E-state index in [2.05, 4.69) is 26.9 Å². The van der Waals surface area contributed by atoms with Gasteiger partial charge in [-0.15, -0.1) is 11.6 Å². The molecule has 0 aliphatic heterocycles. The third kappa shape index (κ3) is 6.85. The molecule has 0 heterocycles. The Morgan fingerprint density at radius 1 is 1.36 bits per heavy atom. The van der Waals surface area contributed by atoms with Crippen LogP contribution < -0.4 is 0 Å². The molecule has 0 radical (unpaired) electrons. The van der Waals surface area contributed by atoms with Gasteiger partial charge in [-0.2, -0.15) is 0 Å². The van der Waals surface area contributed by atoms with Gasteiger partial charge >= 0.3 is 0 Å². The molecule has 0 aromatic rings. The summed E-state index contributed by atoms with van der Waals surface area (Å²) in [6, 6.07) is 0. The molecule has 0 aliphatic carbocycles. The van der Waals surface area contributed by atoms with E-state index in [1.54, 1.807) is 0 Å². The lowest BCUT2D eigenvalue weighted by Gasteiger charge is -2.20. The van der Waals surface area contributed by atoms with Gasteiger partial charge in [-0.1, -0.05) is 13.8 Å². The fraction of sp³-hybridized carbons (Fsp3) is 1.00. The number of halogens is 1. The molecule has 0 unspecified atom stereocenters. The fourth-order valence-electron chi connectivity index (χ4n) is 0.609. The Labute approximate surface area is 76.2 Å². The molecular formula is C8H19ClOSi. The lowest BCUT2D eigenvalue weighted by atomic mass is 10.2. The van der Waals surface area contributed by atoms with Crippen molar-refractivity contribution in [3.8, 4) is 0 Å². The Kier molecular flexibility index (Phi) is 5.39. The summed E-state index contributed by atoms with van der Waals surface area (Å²) in [5, 5.41) is 0. The van der Waals surface area contributed by atoms with Gasteiger partial charge in [0.05, 0.1) is 0 Å². The maximum absolute atomic E-state index is 5.75. The first-order valence-corrected chi connectivity index (χ1v) is 7.83. The Morgan fingerprint density at radius 2 is 1.91 bits per heavy atom. The molecule has 11 heavy (non-hydrogen) atoms. The second-order valence-corrected chi connectivity index (χ2v) is 8.80. The first-order valence-electron chi connectivity index (χ1n) is 4.18. The number of hydrogen-bond acceptors (Lipinski definition) is 1. The van der Waals surface area contributed by atoms with Crippen molar-refractivity contribution in [1.82, 2.24) is 0 Å². The number of alkyl halides is 1. The molecule has 0 atom stereocenters. The van der Waals surface area contributed by atoms with Crippen molar-refractivity contribution in [2.45, 2.75) is 33.4 Å². The summed E-state index contributed by atoms with van der Waals surface area (Å²) in [5.41, 5.74) is 0.699. The second kappa shape index (κ2) is 5.17. The Balaban J connectivity index is 3.38. The Hall–Kier alpha value is 0.467. The molecule has 0 aromatic carbocycles. The van der Waals surface area contributed by atoms with Gasteiger partial charge in [0.2, 0.25) is 8.32 Å². The summed E-state index contributed by atoms with van der Waals surface area (Å²) in [6.45, 7) is 9.60. The predicted molar refractivity (Wildman–Crippen MR) is 53.6 cm³/mol. The highest BCUT2D eigenvalue weighted by atomic mass is 35.5. The molecule has 68 valence electrons. The van der Waals surface area contributed by atoms with E-state index in [1.165, 1.54) is 0 Å². The van der Waals surface area contributed by atoms with Crippen LogP contribution in [0.25, 0.3) is 0 Å². The zero-order valence-electron chi connectivity index (χ0n) is 7.98. The maximum atomic E-state index is 5.75. The van der Waals surface area contributed by atoms with Crippen molar-refractivity contribution < 1.29 is 4.43 Å². The molecule has 0 spiro atoms. The molecule has 0 bridgehead atoms. The first-order chi connectivity index (χ1) is 4.98. The highest BCUT2D eigenvalue weighted by molar-refractivity contribution is 6.77. The van der Waals surface area contributed by atoms with Crippen LogP contribution in [0.2, 0.25) is 13.1 Å². The second-order valence-electron chi connectivity index (χ2n) is 3.92. The zero-order valence-corrected chi connectivity index (χ0v) is 9.74. The van der Waals surface area contributed by atoms with Crippen molar-refractivity contribution in [3.63, 3.8) is 0 Å². The van der Waals surface area contributed by atoms with Crippen LogP contribution in [-0.2, 0) is 4.43 Å². The van der Waals surface area contributed by atoms with E-state index in [0.29, 0.717) is 5.50 Å². The highest BCUT2D eigenvalue weighted by Gasteiger charge is 2.20. The van der Waals surface area contributed by atoms with E-state index in [1.807, 2.05) is 0 Å². The minimum Gasteiger partial charge on any atom is -0.416 e. The van der Waals surface area contributed by atoms with Gasteiger partial charge in [-0.05, 0) is 25.4 Å². The summed E-state index contributed by atoms with van der Waals surface area (Å²) < 4.78 is 5.70. The van der Waals surface area contributed by atoms with E-state index in [0.717, 1.165) is 18.9 Å². The molecule has 0 fully saturated rings. The molecule has 0 saturated heterocycles. The van der Waals surface area contributed by atoms with Crippen molar-refractivity contribution >= 4 is 19.9 Å². The summed E-state index contributed by atoms with van der Waals surface area (Å²) in [6.07, 6.45) is 1.15. The van der Waals surface area contributed by atoms with Gasteiger partial charge < -0.3 is 4.43 Å². The van der Waals surface area contributed by atoms with Gasteiger partial charge in [0.15, 0.2) is 0 Å². The third-order valence-corrected chi connectivity index (χ3v) is 5.07. The lowest BCUT2D eigenvalue weighted by Crippen LogP contribution is -2.33. The third-order valence-electron chi connectivity index (χ3n) is 1.51. The first kappa shape index (κ1) is 11.5. The maximum Gasteiger partial charge on any atom is 0.201 e. The summed E-state index contributed by atoms with van der Waals surface area (Å²) in [7, 11) is -1.48. The van der Waals surface area contributed by atoms with Gasteiger partial charge in [-0.3, -0.25) is 0 Å². The van der Waals surface area contributed by atoms with Crippen LogP contribution in [0.1, 0.15) is 20.3 Å². The van der Waals surface area contributed by atoms with Gasteiger partial charge in [0.25, 0.3) is 0 Å². The Morgan fingerprint density at radius 3 is 2.27 bits per heavy atom. The van der Waals surface area contributed by atoms with E-state index >= 15 is 0 Å². The van der Waals surface area contributed by atoms with Crippen LogP contribution in [0.15, 0.2) is 0 Å². The van der Waals surface area contributed by atoms with Crippen molar-refractivity contribution in [2.24, 2.45) is 5.92 Å². The van der Waals surface area contributed by atoms with Crippen LogP contribution in [0.3, 0.4) is 0 Å². The molecule has 3 heteroatoms. The molecule has 0 rings (SSSR count). The van der Waals surface area contributed by atoms with Crippen molar-refractivity contribution in [2.75, 3.05) is 12.1 Å². The van der Waals surface area contributed by atoms with E-state index in [4.69, 9.17) is 16.0 Å². The van der Waals surface area contributed by atoms with Gasteiger partial charge in [0.1, 0.15) is 0 Å². The molecular weight excluding hydrogens is 176 g/mol. The van der Waals surface area contributed by atoms with Crippen LogP contribution in [-0.4, -0.2) is 20.4 Å². The quantitative estimate of drug-likeness (QED) is 0.483. The van der Waals surface area contributed by atoms with Crippen molar-refractivity contribution in [1.29, 1.82) is 0 Å². The Bertz CT molecular complexity index is 104. The van der Waals surface area contributed by atoms with Crippen LogP contribution in [0.4, 0.5) is 0 Å². The monoisotopic (exact) mass is 194 g/mol. The van der Waals surface area contributed by atoms with Crippen LogP contribution in [0.5, 0.6) is 0 Å². The summed E-state index contributed by atoms with van der Waals surface area (Å²) >= 11 is 5.75. The van der Waals surface area contributed by atoms with Gasteiger partial charge in [-0.25, -0.2) is 0 Å². The smallest absolute Gasteiger partial charge is 0.201 e. The topological polar surface area (TPSA) is 9.23 Å².